The van der Waals surface area contributed by atoms with Gasteiger partial charge >= 0.3 is 0 Å². The number of aromatic nitrogens is 1. The number of methoxy groups -OCH3 is 1. The summed E-state index contributed by atoms with van der Waals surface area (Å²) in [6.07, 6.45) is 2.83. The van der Waals surface area contributed by atoms with Gasteiger partial charge in [-0.1, -0.05) is 48.5 Å². The zero-order chi connectivity index (χ0) is 23.9. The molecular weight excluding hydrogens is 433 g/mol. The molecule has 0 atom stereocenters. The number of ether oxygens (including phenoxy) is 1. The van der Waals surface area contributed by atoms with Gasteiger partial charge in [-0.05, 0) is 43.4 Å². The Morgan fingerprint density at radius 3 is 2.65 bits per heavy atom. The van der Waals surface area contributed by atoms with Crippen molar-refractivity contribution >= 4 is 11.8 Å². The zero-order valence-electron chi connectivity index (χ0n) is 19.9. The van der Waals surface area contributed by atoms with Crippen molar-refractivity contribution in [1.29, 1.82) is 0 Å². The Labute approximate surface area is 200 Å². The number of hydrogen-bond donors (Lipinski definition) is 0. The van der Waals surface area contributed by atoms with E-state index >= 15 is 0 Å². The maximum Gasteiger partial charge on any atom is 0.254 e. The van der Waals surface area contributed by atoms with E-state index in [1.54, 1.807) is 24.1 Å². The van der Waals surface area contributed by atoms with E-state index in [9.17, 15) is 9.18 Å². The third-order valence-electron chi connectivity index (χ3n) is 6.37. The Morgan fingerprint density at radius 1 is 1.18 bits per heavy atom. The van der Waals surface area contributed by atoms with Crippen LogP contribution in [0.15, 0.2) is 59.1 Å². The van der Waals surface area contributed by atoms with Crippen LogP contribution in [0.3, 0.4) is 0 Å². The van der Waals surface area contributed by atoms with Crippen molar-refractivity contribution in [3.05, 3.63) is 71.5 Å². The molecule has 34 heavy (non-hydrogen) atoms. The molecule has 0 radical (unpaired) electrons. The number of benzene rings is 2. The lowest BCUT2D eigenvalue weighted by molar-refractivity contribution is 0.0723. The van der Waals surface area contributed by atoms with Gasteiger partial charge in [0.15, 0.2) is 0 Å². The van der Waals surface area contributed by atoms with Gasteiger partial charge in [-0.3, -0.25) is 4.79 Å². The Kier molecular flexibility index (Phi) is 7.95. The van der Waals surface area contributed by atoms with Gasteiger partial charge in [0.25, 0.3) is 5.91 Å². The number of carbonyl (C=O) groups is 1. The van der Waals surface area contributed by atoms with Gasteiger partial charge in [0.2, 0.25) is 5.88 Å². The van der Waals surface area contributed by atoms with Gasteiger partial charge in [-0.2, -0.15) is 0 Å². The lowest BCUT2D eigenvalue weighted by Gasteiger charge is -2.31. The number of nitrogens with zero attached hydrogens (tertiary/aromatic N) is 3. The van der Waals surface area contributed by atoms with Crippen LogP contribution in [0, 0.1) is 11.7 Å². The third-order valence-corrected chi connectivity index (χ3v) is 6.37. The number of anilines is 1. The quantitative estimate of drug-likeness (QED) is 0.396. The summed E-state index contributed by atoms with van der Waals surface area (Å²) in [5.41, 5.74) is 2.87. The van der Waals surface area contributed by atoms with Gasteiger partial charge in [0.1, 0.15) is 11.5 Å². The molecule has 0 N–H and O–H groups in total. The number of hydrogen-bond acceptors (Lipinski definition) is 5. The van der Waals surface area contributed by atoms with Crippen LogP contribution < -0.4 is 4.90 Å². The average Bonchev–Trinajstić information content (AvgIpc) is 3.27. The largest absolute Gasteiger partial charge is 0.385 e. The molecular formula is C27H32FN3O3. The molecule has 0 saturated carbocycles. The highest BCUT2D eigenvalue weighted by Gasteiger charge is 2.28. The van der Waals surface area contributed by atoms with Crippen LogP contribution in [0.2, 0.25) is 0 Å². The predicted molar refractivity (Wildman–Crippen MR) is 130 cm³/mol. The van der Waals surface area contributed by atoms with E-state index in [4.69, 9.17) is 9.26 Å². The zero-order valence-corrected chi connectivity index (χ0v) is 19.9. The van der Waals surface area contributed by atoms with Crippen molar-refractivity contribution in [2.45, 2.75) is 32.7 Å². The van der Waals surface area contributed by atoms with Crippen LogP contribution >= 0.6 is 0 Å². The highest BCUT2D eigenvalue weighted by Crippen LogP contribution is 2.34. The topological polar surface area (TPSA) is 58.8 Å². The Bertz CT molecular complexity index is 1080. The lowest BCUT2D eigenvalue weighted by atomic mass is 9.98. The summed E-state index contributed by atoms with van der Waals surface area (Å²) < 4.78 is 25.0. The summed E-state index contributed by atoms with van der Waals surface area (Å²) in [5, 5.41) is 4.44. The Balaban J connectivity index is 1.69. The van der Waals surface area contributed by atoms with Crippen LogP contribution in [0.4, 0.5) is 10.3 Å². The first kappa shape index (κ1) is 24.0. The molecule has 0 unspecified atom stereocenters. The molecule has 0 bridgehead atoms. The Hall–Kier alpha value is -3.19. The fourth-order valence-corrected chi connectivity index (χ4v) is 4.37. The van der Waals surface area contributed by atoms with Crippen LogP contribution in [0.5, 0.6) is 0 Å². The van der Waals surface area contributed by atoms with E-state index in [0.29, 0.717) is 37.6 Å². The summed E-state index contributed by atoms with van der Waals surface area (Å²) in [6.45, 7) is 5.35. The molecule has 1 fully saturated rings. The van der Waals surface area contributed by atoms with Crippen LogP contribution in [-0.2, 0) is 11.3 Å². The summed E-state index contributed by atoms with van der Waals surface area (Å²) in [7, 11) is 1.64. The predicted octanol–water partition coefficient (Wildman–Crippen LogP) is 5.40. The highest BCUT2D eigenvalue weighted by atomic mass is 19.1. The molecule has 6 nitrogen and oxygen atoms in total. The van der Waals surface area contributed by atoms with Gasteiger partial charge in [0.05, 0.1) is 12.1 Å². The smallest absolute Gasteiger partial charge is 0.254 e. The third kappa shape index (κ3) is 5.65. The van der Waals surface area contributed by atoms with Crippen LogP contribution in [0.25, 0.3) is 11.3 Å². The molecule has 1 aliphatic heterocycles. The molecule has 1 saturated heterocycles. The first-order chi connectivity index (χ1) is 16.6. The molecule has 7 heteroatoms. The number of rotatable bonds is 9. The highest BCUT2D eigenvalue weighted by molar-refractivity contribution is 5.94. The van der Waals surface area contributed by atoms with Gasteiger partial charge in [0, 0.05) is 44.5 Å². The lowest BCUT2D eigenvalue weighted by Crippen LogP contribution is -2.35. The average molecular weight is 466 g/mol. The molecule has 180 valence electrons. The maximum atomic E-state index is 13.9. The Morgan fingerprint density at radius 2 is 1.94 bits per heavy atom. The summed E-state index contributed by atoms with van der Waals surface area (Å²) >= 11 is 0. The summed E-state index contributed by atoms with van der Waals surface area (Å²) in [6, 6.07) is 15.7. The van der Waals surface area contributed by atoms with Gasteiger partial charge < -0.3 is 19.1 Å². The van der Waals surface area contributed by atoms with E-state index in [2.05, 4.69) is 17.0 Å². The SMILES string of the molecule is COCCCN(Cc1c(-c2ccccc2)noc1N1CCC(C)CC1)C(=O)c1cccc(F)c1. The van der Waals surface area contributed by atoms with Crippen molar-refractivity contribution in [2.24, 2.45) is 5.92 Å². The second-order valence-electron chi connectivity index (χ2n) is 8.93. The van der Waals surface area contributed by atoms with Crippen molar-refractivity contribution in [3.8, 4) is 11.3 Å². The maximum absolute atomic E-state index is 13.9. The van der Waals surface area contributed by atoms with Crippen LogP contribution in [-0.4, -0.2) is 49.3 Å². The van der Waals surface area contributed by atoms with Crippen molar-refractivity contribution in [2.75, 3.05) is 38.3 Å². The summed E-state index contributed by atoms with van der Waals surface area (Å²) in [4.78, 5) is 17.4. The molecule has 2 heterocycles. The second-order valence-corrected chi connectivity index (χ2v) is 8.93. The molecule has 3 aromatic rings. The molecule has 1 aliphatic rings. The first-order valence-corrected chi connectivity index (χ1v) is 11.9. The minimum atomic E-state index is -0.430. The first-order valence-electron chi connectivity index (χ1n) is 11.9. The monoisotopic (exact) mass is 465 g/mol. The van der Waals surface area contributed by atoms with Crippen molar-refractivity contribution in [1.82, 2.24) is 10.1 Å². The van der Waals surface area contributed by atoms with E-state index in [1.807, 2.05) is 30.3 Å². The molecule has 0 spiro atoms. The number of piperidine rings is 1. The number of amides is 1. The van der Waals surface area contributed by atoms with E-state index in [1.165, 1.54) is 12.1 Å². The minimum absolute atomic E-state index is 0.228. The second kappa shape index (κ2) is 11.3. The molecule has 1 aromatic heterocycles. The molecule has 4 rings (SSSR count). The number of halogens is 1. The standard InChI is InChI=1S/C27H32FN3O3/c1-20-12-15-30(16-13-20)27-24(25(29-34-27)21-8-4-3-5-9-21)19-31(14-7-17-33-2)26(32)22-10-6-11-23(28)18-22/h3-6,8-11,18,20H,7,12-17,19H2,1-2H3. The van der Waals surface area contributed by atoms with E-state index in [0.717, 1.165) is 48.6 Å². The number of carbonyl (C=O) groups excluding carboxylic acids is 1. The van der Waals surface area contributed by atoms with Crippen molar-refractivity contribution < 1.29 is 18.4 Å². The fourth-order valence-electron chi connectivity index (χ4n) is 4.37. The van der Waals surface area contributed by atoms with E-state index in [-0.39, 0.29) is 5.91 Å². The summed E-state index contributed by atoms with van der Waals surface area (Å²) in [5.74, 6) is 0.737. The van der Waals surface area contributed by atoms with Crippen LogP contribution in [0.1, 0.15) is 42.1 Å². The molecule has 0 aliphatic carbocycles. The van der Waals surface area contributed by atoms with E-state index < -0.39 is 5.82 Å². The van der Waals surface area contributed by atoms with Gasteiger partial charge in [-0.25, -0.2) is 4.39 Å². The van der Waals surface area contributed by atoms with Gasteiger partial charge in [-0.15, -0.1) is 0 Å². The normalized spacial score (nSPS) is 14.4. The minimum Gasteiger partial charge on any atom is -0.385 e. The molecule has 2 aromatic carbocycles. The fraction of sp³-hybridized carbons (Fsp3) is 0.407. The molecule has 1 amide bonds. The van der Waals surface area contributed by atoms with Crippen molar-refractivity contribution in [3.63, 3.8) is 0 Å².